The number of piperidine rings is 1. The maximum atomic E-state index is 4.48. The summed E-state index contributed by atoms with van der Waals surface area (Å²) in [5.74, 6) is 0.737. The third-order valence-corrected chi connectivity index (χ3v) is 3.60. The van der Waals surface area contributed by atoms with Crippen LogP contribution in [0.4, 0.5) is 0 Å². The highest BCUT2D eigenvalue weighted by Gasteiger charge is 2.31. The SMILES string of the molecule is c1cnc2c(c1)[C@H]1CCCN[C@@H]1CC2. The van der Waals surface area contributed by atoms with Crippen molar-refractivity contribution < 1.29 is 0 Å². The highest BCUT2D eigenvalue weighted by atomic mass is 14.9. The Kier molecular flexibility index (Phi) is 2.02. The Morgan fingerprint density at radius 3 is 3.36 bits per heavy atom. The molecule has 1 aromatic heterocycles. The van der Waals surface area contributed by atoms with E-state index in [0.717, 1.165) is 18.4 Å². The summed E-state index contributed by atoms with van der Waals surface area (Å²) in [4.78, 5) is 4.48. The van der Waals surface area contributed by atoms with Crippen LogP contribution < -0.4 is 5.32 Å². The fourth-order valence-electron chi connectivity index (χ4n) is 2.92. The summed E-state index contributed by atoms with van der Waals surface area (Å²) in [6, 6.07) is 5.07. The number of nitrogens with zero attached hydrogens (tertiary/aromatic N) is 1. The first-order valence-electron chi connectivity index (χ1n) is 5.62. The minimum atomic E-state index is 0.723. The van der Waals surface area contributed by atoms with E-state index in [1.165, 1.54) is 37.1 Å². The van der Waals surface area contributed by atoms with Crippen LogP contribution in [0.1, 0.15) is 36.4 Å². The third kappa shape index (κ3) is 1.25. The van der Waals surface area contributed by atoms with Crippen molar-refractivity contribution in [3.63, 3.8) is 0 Å². The zero-order valence-electron chi connectivity index (χ0n) is 8.37. The molecule has 3 rings (SSSR count). The highest BCUT2D eigenvalue weighted by Crippen LogP contribution is 2.35. The number of hydrogen-bond acceptors (Lipinski definition) is 2. The Balaban J connectivity index is 1.99. The first-order chi connectivity index (χ1) is 6.95. The van der Waals surface area contributed by atoms with E-state index in [-0.39, 0.29) is 0 Å². The maximum Gasteiger partial charge on any atom is 0.0439 e. The van der Waals surface area contributed by atoms with Crippen LogP contribution >= 0.6 is 0 Å². The van der Waals surface area contributed by atoms with Crippen LogP contribution in [-0.4, -0.2) is 17.6 Å². The van der Waals surface area contributed by atoms with E-state index in [1.807, 2.05) is 6.20 Å². The van der Waals surface area contributed by atoms with Crippen molar-refractivity contribution in [3.05, 3.63) is 29.6 Å². The van der Waals surface area contributed by atoms with Gasteiger partial charge >= 0.3 is 0 Å². The van der Waals surface area contributed by atoms with Crippen molar-refractivity contribution in [2.45, 2.75) is 37.6 Å². The lowest BCUT2D eigenvalue weighted by molar-refractivity contribution is 0.317. The molecule has 14 heavy (non-hydrogen) atoms. The molecule has 0 radical (unpaired) electrons. The quantitative estimate of drug-likeness (QED) is 0.672. The fourth-order valence-corrected chi connectivity index (χ4v) is 2.92. The summed E-state index contributed by atoms with van der Waals surface area (Å²) < 4.78 is 0. The van der Waals surface area contributed by atoms with E-state index >= 15 is 0 Å². The molecule has 1 aliphatic carbocycles. The maximum absolute atomic E-state index is 4.48. The van der Waals surface area contributed by atoms with Crippen molar-refractivity contribution in [3.8, 4) is 0 Å². The zero-order valence-corrected chi connectivity index (χ0v) is 8.37. The second-order valence-electron chi connectivity index (χ2n) is 4.39. The van der Waals surface area contributed by atoms with Gasteiger partial charge in [0.15, 0.2) is 0 Å². The van der Waals surface area contributed by atoms with Gasteiger partial charge in [0.05, 0.1) is 0 Å². The Morgan fingerprint density at radius 1 is 1.36 bits per heavy atom. The molecule has 0 aromatic carbocycles. The average Bonchev–Trinajstić information content (AvgIpc) is 2.29. The first kappa shape index (κ1) is 8.42. The number of nitrogens with one attached hydrogen (secondary N) is 1. The van der Waals surface area contributed by atoms with Crippen LogP contribution in [0, 0.1) is 0 Å². The molecule has 2 atom stereocenters. The molecule has 1 aliphatic heterocycles. The van der Waals surface area contributed by atoms with Crippen LogP contribution in [0.3, 0.4) is 0 Å². The smallest absolute Gasteiger partial charge is 0.0439 e. The second kappa shape index (κ2) is 3.35. The summed E-state index contributed by atoms with van der Waals surface area (Å²) in [5, 5.41) is 3.63. The van der Waals surface area contributed by atoms with Gasteiger partial charge in [-0.1, -0.05) is 6.07 Å². The van der Waals surface area contributed by atoms with Gasteiger partial charge in [0, 0.05) is 23.9 Å². The molecule has 1 fully saturated rings. The van der Waals surface area contributed by atoms with Crippen LogP contribution in [0.25, 0.3) is 0 Å². The number of pyridine rings is 1. The lowest BCUT2D eigenvalue weighted by Crippen LogP contribution is -2.42. The van der Waals surface area contributed by atoms with Gasteiger partial charge in [-0.15, -0.1) is 0 Å². The van der Waals surface area contributed by atoms with E-state index in [0.29, 0.717) is 0 Å². The predicted octanol–water partition coefficient (Wildman–Crippen LogP) is 1.86. The molecule has 1 N–H and O–H groups in total. The lowest BCUT2D eigenvalue weighted by Gasteiger charge is -2.37. The Morgan fingerprint density at radius 2 is 2.36 bits per heavy atom. The Hall–Kier alpha value is -0.890. The topological polar surface area (TPSA) is 24.9 Å². The minimum absolute atomic E-state index is 0.723. The Bertz CT molecular complexity index is 335. The molecule has 0 saturated carbocycles. The van der Waals surface area contributed by atoms with Gasteiger partial charge < -0.3 is 5.32 Å². The Labute approximate surface area is 84.7 Å². The summed E-state index contributed by atoms with van der Waals surface area (Å²) in [5.41, 5.74) is 2.86. The molecular formula is C12H16N2. The summed E-state index contributed by atoms with van der Waals surface area (Å²) >= 11 is 0. The van der Waals surface area contributed by atoms with Gasteiger partial charge in [0.1, 0.15) is 0 Å². The van der Waals surface area contributed by atoms with E-state index in [1.54, 1.807) is 0 Å². The summed E-state index contributed by atoms with van der Waals surface area (Å²) in [6.45, 7) is 1.21. The van der Waals surface area contributed by atoms with E-state index in [4.69, 9.17) is 0 Å². The number of hydrogen-bond donors (Lipinski definition) is 1. The number of aryl methyl sites for hydroxylation is 1. The monoisotopic (exact) mass is 188 g/mol. The van der Waals surface area contributed by atoms with Crippen molar-refractivity contribution in [1.29, 1.82) is 0 Å². The lowest BCUT2D eigenvalue weighted by atomic mass is 9.77. The molecule has 2 heteroatoms. The standard InChI is InChI=1S/C12H16N2/c1-3-9-10-4-2-8-14-12(10)6-5-11(9)13-7-1/h1,3,7,10,12,14H,2,4-6,8H2/t10-,12-/m1/s1. The number of rotatable bonds is 0. The van der Waals surface area contributed by atoms with E-state index in [2.05, 4.69) is 22.4 Å². The first-order valence-corrected chi connectivity index (χ1v) is 5.62. The number of aromatic nitrogens is 1. The van der Waals surface area contributed by atoms with Gasteiger partial charge in [-0.25, -0.2) is 0 Å². The molecular weight excluding hydrogens is 172 g/mol. The molecule has 2 heterocycles. The zero-order chi connectivity index (χ0) is 9.38. The van der Waals surface area contributed by atoms with Crippen LogP contribution in [0.15, 0.2) is 18.3 Å². The molecule has 0 unspecified atom stereocenters. The van der Waals surface area contributed by atoms with E-state index in [9.17, 15) is 0 Å². The van der Waals surface area contributed by atoms with Gasteiger partial charge in [0.25, 0.3) is 0 Å². The summed E-state index contributed by atoms with van der Waals surface area (Å²) in [7, 11) is 0. The average molecular weight is 188 g/mol. The molecule has 0 bridgehead atoms. The van der Waals surface area contributed by atoms with E-state index < -0.39 is 0 Å². The van der Waals surface area contributed by atoms with Crippen LogP contribution in [0.5, 0.6) is 0 Å². The van der Waals surface area contributed by atoms with Crippen LogP contribution in [0.2, 0.25) is 0 Å². The largest absolute Gasteiger partial charge is 0.313 e. The fraction of sp³-hybridized carbons (Fsp3) is 0.583. The molecule has 0 amide bonds. The van der Waals surface area contributed by atoms with Gasteiger partial charge in [0.2, 0.25) is 0 Å². The second-order valence-corrected chi connectivity index (χ2v) is 4.39. The van der Waals surface area contributed by atoms with Crippen LogP contribution in [-0.2, 0) is 6.42 Å². The van der Waals surface area contributed by atoms with Gasteiger partial charge in [-0.3, -0.25) is 4.98 Å². The van der Waals surface area contributed by atoms with Crippen molar-refractivity contribution >= 4 is 0 Å². The van der Waals surface area contributed by atoms with Gasteiger partial charge in [-0.2, -0.15) is 0 Å². The normalized spacial score (nSPS) is 30.6. The molecule has 1 aromatic rings. The summed E-state index contributed by atoms with van der Waals surface area (Å²) in [6.07, 6.45) is 7.01. The molecule has 2 nitrogen and oxygen atoms in total. The van der Waals surface area contributed by atoms with Gasteiger partial charge in [-0.05, 0) is 43.9 Å². The number of fused-ring (bicyclic) bond motifs is 3. The van der Waals surface area contributed by atoms with Crippen molar-refractivity contribution in [1.82, 2.24) is 10.3 Å². The third-order valence-electron chi connectivity index (χ3n) is 3.60. The predicted molar refractivity (Wildman–Crippen MR) is 56.3 cm³/mol. The minimum Gasteiger partial charge on any atom is -0.313 e. The highest BCUT2D eigenvalue weighted by molar-refractivity contribution is 5.29. The van der Waals surface area contributed by atoms with Crippen molar-refractivity contribution in [2.75, 3.05) is 6.54 Å². The molecule has 2 aliphatic rings. The van der Waals surface area contributed by atoms with Crippen molar-refractivity contribution in [2.24, 2.45) is 0 Å². The molecule has 1 saturated heterocycles. The molecule has 0 spiro atoms. The molecule has 74 valence electrons.